The second-order valence-electron chi connectivity index (χ2n) is 9.98. The van der Waals surface area contributed by atoms with Crippen LogP contribution in [0.1, 0.15) is 50.9 Å². The van der Waals surface area contributed by atoms with Crippen molar-refractivity contribution in [3.05, 3.63) is 100.0 Å². The standard InChI is InChI=1S/C30H27N7O4/c1-36-14-21(26-27(31)33-16-34-28(26)36)18-10-11-25(32-13-18)35-29(40)20-12-19-22(8-5-9-24(19)39)37(30(20)41)23(15-38)17-6-3-2-4-7-17/h2-4,6-7,10-14,16,23,38H,5,8-9,15H2,1H3,(H2,31,33,34)(H,32,35,40). The Kier molecular flexibility index (Phi) is 6.64. The number of aliphatic hydroxyl groups is 1. The molecule has 0 saturated heterocycles. The molecular formula is C30H27N7O4. The van der Waals surface area contributed by atoms with Gasteiger partial charge in [0.1, 0.15) is 29.2 Å². The van der Waals surface area contributed by atoms with Crippen LogP contribution in [0.5, 0.6) is 0 Å². The second kappa shape index (κ2) is 10.4. The van der Waals surface area contributed by atoms with Gasteiger partial charge in [-0.05, 0) is 36.6 Å². The van der Waals surface area contributed by atoms with Crippen molar-refractivity contribution in [2.24, 2.45) is 7.05 Å². The summed E-state index contributed by atoms with van der Waals surface area (Å²) in [6.45, 7) is -0.373. The number of aromatic nitrogens is 5. The van der Waals surface area contributed by atoms with Crippen molar-refractivity contribution >= 4 is 34.4 Å². The van der Waals surface area contributed by atoms with E-state index in [1.807, 2.05) is 36.0 Å². The lowest BCUT2D eigenvalue weighted by atomic mass is 9.92. The van der Waals surface area contributed by atoms with E-state index in [9.17, 15) is 19.5 Å². The zero-order valence-corrected chi connectivity index (χ0v) is 22.2. The molecule has 0 fully saturated rings. The van der Waals surface area contributed by atoms with E-state index in [2.05, 4.69) is 20.3 Å². The molecule has 11 nitrogen and oxygen atoms in total. The van der Waals surface area contributed by atoms with Gasteiger partial charge >= 0.3 is 0 Å². The number of carbonyl (C=O) groups excluding carboxylic acids is 2. The first kappa shape index (κ1) is 26.1. The molecule has 1 unspecified atom stereocenters. The smallest absolute Gasteiger partial charge is 0.264 e. The zero-order chi connectivity index (χ0) is 28.7. The monoisotopic (exact) mass is 549 g/mol. The van der Waals surface area contributed by atoms with Crippen molar-refractivity contribution in [3.8, 4) is 11.1 Å². The number of anilines is 2. The van der Waals surface area contributed by atoms with Crippen molar-refractivity contribution in [1.29, 1.82) is 0 Å². The number of amides is 1. The van der Waals surface area contributed by atoms with Crippen LogP contribution in [0.2, 0.25) is 0 Å². The number of nitrogens with zero attached hydrogens (tertiary/aromatic N) is 5. The maximum atomic E-state index is 13.8. The van der Waals surface area contributed by atoms with Gasteiger partial charge in [0, 0.05) is 48.2 Å². The Hall–Kier alpha value is -5.16. The van der Waals surface area contributed by atoms with Gasteiger partial charge in [0.05, 0.1) is 18.0 Å². The van der Waals surface area contributed by atoms with Crippen LogP contribution in [0, 0.1) is 0 Å². The second-order valence-corrected chi connectivity index (χ2v) is 9.98. The summed E-state index contributed by atoms with van der Waals surface area (Å²) in [5.74, 6) is -0.268. The Morgan fingerprint density at radius 1 is 1.07 bits per heavy atom. The van der Waals surface area contributed by atoms with Crippen molar-refractivity contribution in [3.63, 3.8) is 0 Å². The first-order valence-corrected chi connectivity index (χ1v) is 13.2. The summed E-state index contributed by atoms with van der Waals surface area (Å²) >= 11 is 0. The molecule has 4 N–H and O–H groups in total. The minimum atomic E-state index is -0.745. The summed E-state index contributed by atoms with van der Waals surface area (Å²) in [6, 6.07) is 13.1. The molecule has 1 aromatic carbocycles. The molecule has 1 atom stereocenters. The number of hydrogen-bond donors (Lipinski definition) is 3. The Balaban J connectivity index is 1.36. The number of ketones is 1. The van der Waals surface area contributed by atoms with E-state index in [0.717, 1.165) is 11.1 Å². The maximum Gasteiger partial charge on any atom is 0.264 e. The van der Waals surface area contributed by atoms with E-state index >= 15 is 0 Å². The highest BCUT2D eigenvalue weighted by atomic mass is 16.3. The van der Waals surface area contributed by atoms with Crippen LogP contribution in [-0.4, -0.2) is 47.5 Å². The molecule has 11 heteroatoms. The van der Waals surface area contributed by atoms with Gasteiger partial charge in [-0.25, -0.2) is 15.0 Å². The lowest BCUT2D eigenvalue weighted by Crippen LogP contribution is -2.38. The third-order valence-corrected chi connectivity index (χ3v) is 7.47. The average molecular weight is 550 g/mol. The van der Waals surface area contributed by atoms with Gasteiger partial charge < -0.3 is 25.3 Å². The van der Waals surface area contributed by atoms with E-state index < -0.39 is 17.5 Å². The van der Waals surface area contributed by atoms with Gasteiger partial charge in [-0.2, -0.15) is 0 Å². The highest BCUT2D eigenvalue weighted by Gasteiger charge is 2.29. The molecule has 0 bridgehead atoms. The van der Waals surface area contributed by atoms with Crippen LogP contribution in [0.15, 0.2) is 72.0 Å². The number of Topliss-reactive ketones (excluding diaryl/α,β-unsaturated/α-hetero) is 1. The highest BCUT2D eigenvalue weighted by molar-refractivity contribution is 6.06. The van der Waals surface area contributed by atoms with Gasteiger partial charge in [-0.1, -0.05) is 30.3 Å². The summed E-state index contributed by atoms with van der Waals surface area (Å²) in [6.07, 6.45) is 6.28. The van der Waals surface area contributed by atoms with Gasteiger partial charge in [-0.3, -0.25) is 14.4 Å². The highest BCUT2D eigenvalue weighted by Crippen LogP contribution is 2.32. The van der Waals surface area contributed by atoms with Gasteiger partial charge in [0.25, 0.3) is 11.5 Å². The fraction of sp³-hybridized carbons (Fsp3) is 0.200. The fourth-order valence-electron chi connectivity index (χ4n) is 5.49. The molecule has 0 aliphatic heterocycles. The molecule has 1 amide bonds. The molecular weight excluding hydrogens is 522 g/mol. The molecule has 1 aliphatic rings. The van der Waals surface area contributed by atoms with Gasteiger partial charge in [-0.15, -0.1) is 0 Å². The van der Waals surface area contributed by atoms with Crippen LogP contribution >= 0.6 is 0 Å². The Labute approximate surface area is 234 Å². The minimum Gasteiger partial charge on any atom is -0.394 e. The first-order chi connectivity index (χ1) is 19.9. The number of nitrogens with one attached hydrogen (secondary N) is 1. The summed E-state index contributed by atoms with van der Waals surface area (Å²) in [7, 11) is 1.86. The Morgan fingerprint density at radius 2 is 1.88 bits per heavy atom. The molecule has 5 aromatic rings. The number of benzene rings is 1. The fourth-order valence-corrected chi connectivity index (χ4v) is 5.49. The van der Waals surface area contributed by atoms with Crippen LogP contribution in [0.4, 0.5) is 11.6 Å². The average Bonchev–Trinajstić information content (AvgIpc) is 3.33. The number of aryl methyl sites for hydroxylation is 1. The van der Waals surface area contributed by atoms with Crippen molar-refractivity contribution < 1.29 is 14.7 Å². The third-order valence-electron chi connectivity index (χ3n) is 7.47. The van der Waals surface area contributed by atoms with Crippen molar-refractivity contribution in [1.82, 2.24) is 24.1 Å². The topological polar surface area (TPSA) is 158 Å². The van der Waals surface area contributed by atoms with Crippen molar-refractivity contribution in [2.45, 2.75) is 25.3 Å². The van der Waals surface area contributed by atoms with Crippen molar-refractivity contribution in [2.75, 3.05) is 17.7 Å². The van der Waals surface area contributed by atoms with Crippen LogP contribution < -0.4 is 16.6 Å². The molecule has 1 aliphatic carbocycles. The van der Waals surface area contributed by atoms with Crippen LogP contribution in [0.3, 0.4) is 0 Å². The molecule has 41 heavy (non-hydrogen) atoms. The normalized spacial score (nSPS) is 13.7. The van der Waals surface area contributed by atoms with Crippen LogP contribution in [-0.2, 0) is 13.5 Å². The molecule has 6 rings (SSSR count). The Morgan fingerprint density at radius 3 is 2.61 bits per heavy atom. The first-order valence-electron chi connectivity index (χ1n) is 13.2. The van der Waals surface area contributed by atoms with E-state index in [-0.39, 0.29) is 23.8 Å². The summed E-state index contributed by atoms with van der Waals surface area (Å²) < 4.78 is 3.25. The van der Waals surface area contributed by atoms with E-state index in [0.29, 0.717) is 52.9 Å². The van der Waals surface area contributed by atoms with E-state index in [1.54, 1.807) is 30.5 Å². The lowest BCUT2D eigenvalue weighted by molar-refractivity contribution is 0.0969. The Bertz CT molecular complexity index is 1860. The number of carbonyl (C=O) groups is 2. The van der Waals surface area contributed by atoms with Gasteiger partial charge in [0.15, 0.2) is 5.78 Å². The largest absolute Gasteiger partial charge is 0.394 e. The van der Waals surface area contributed by atoms with Gasteiger partial charge in [0.2, 0.25) is 0 Å². The predicted octanol–water partition coefficient (Wildman–Crippen LogP) is 3.13. The number of pyridine rings is 2. The summed E-state index contributed by atoms with van der Waals surface area (Å²) in [5.41, 5.74) is 9.10. The molecule has 206 valence electrons. The van der Waals surface area contributed by atoms with E-state index in [1.165, 1.54) is 17.0 Å². The molecule has 4 heterocycles. The molecule has 0 radical (unpaired) electrons. The number of nitrogens with two attached hydrogens (primary N) is 1. The number of aliphatic hydroxyl groups excluding tert-OH is 1. The maximum absolute atomic E-state index is 13.8. The molecule has 0 saturated carbocycles. The predicted molar refractivity (Wildman–Crippen MR) is 154 cm³/mol. The van der Waals surface area contributed by atoms with Crippen LogP contribution in [0.25, 0.3) is 22.2 Å². The third kappa shape index (κ3) is 4.55. The van der Waals surface area contributed by atoms with E-state index in [4.69, 9.17) is 5.73 Å². The summed E-state index contributed by atoms with van der Waals surface area (Å²) in [5, 5.41) is 13.7. The SMILES string of the molecule is Cn1cc(-c2ccc(NC(=O)c3cc4c(n(C(CO)c5ccccc5)c3=O)CCCC4=O)nc2)c2c(N)ncnc21. The number of nitrogen functional groups attached to an aromatic ring is 1. The number of rotatable bonds is 6. The molecule has 0 spiro atoms. The summed E-state index contributed by atoms with van der Waals surface area (Å²) in [4.78, 5) is 52.9. The quantitative estimate of drug-likeness (QED) is 0.291. The number of fused-ring (bicyclic) bond motifs is 2. The lowest BCUT2D eigenvalue weighted by Gasteiger charge is -2.27. The number of hydrogen-bond acceptors (Lipinski definition) is 8. The minimum absolute atomic E-state index is 0.139. The zero-order valence-electron chi connectivity index (χ0n) is 22.2. The molecule has 4 aromatic heterocycles.